The average Bonchev–Trinajstić information content (AvgIpc) is 2.96. The lowest BCUT2D eigenvalue weighted by atomic mass is 9.92. The van der Waals surface area contributed by atoms with Gasteiger partial charge in [0.05, 0.1) is 5.52 Å². The van der Waals surface area contributed by atoms with Crippen molar-refractivity contribution in [3.05, 3.63) is 41.5 Å². The molecule has 2 aromatic heterocycles. The van der Waals surface area contributed by atoms with Crippen molar-refractivity contribution in [3.63, 3.8) is 0 Å². The van der Waals surface area contributed by atoms with Crippen LogP contribution in [-0.2, 0) is 5.41 Å². The molecule has 0 radical (unpaired) electrons. The van der Waals surface area contributed by atoms with E-state index in [1.54, 1.807) is 11.3 Å². The highest BCUT2D eigenvalue weighted by molar-refractivity contribution is 7.13. The largest absolute Gasteiger partial charge is 0.357 e. The van der Waals surface area contributed by atoms with Crippen molar-refractivity contribution in [2.24, 2.45) is 0 Å². The van der Waals surface area contributed by atoms with E-state index in [9.17, 15) is 0 Å². The van der Waals surface area contributed by atoms with E-state index in [4.69, 9.17) is 0 Å². The van der Waals surface area contributed by atoms with Gasteiger partial charge in [0.1, 0.15) is 5.01 Å². The fraction of sp³-hybridized carbons (Fsp3) is 0.267. The molecule has 92 valence electrons. The van der Waals surface area contributed by atoms with Crippen LogP contribution in [0.1, 0.15) is 26.5 Å². The summed E-state index contributed by atoms with van der Waals surface area (Å²) in [7, 11) is 0. The quantitative estimate of drug-likeness (QED) is 0.678. The third kappa shape index (κ3) is 1.85. The first kappa shape index (κ1) is 11.5. The monoisotopic (exact) mass is 256 g/mol. The van der Waals surface area contributed by atoms with Crippen molar-refractivity contribution in [1.82, 2.24) is 9.97 Å². The van der Waals surface area contributed by atoms with E-state index < -0.39 is 0 Å². The molecule has 2 nitrogen and oxygen atoms in total. The highest BCUT2D eigenvalue weighted by Gasteiger charge is 2.17. The molecule has 18 heavy (non-hydrogen) atoms. The topological polar surface area (TPSA) is 28.7 Å². The van der Waals surface area contributed by atoms with Crippen molar-refractivity contribution in [1.29, 1.82) is 0 Å². The molecule has 3 heteroatoms. The molecule has 0 aliphatic rings. The number of thiazole rings is 1. The number of hydrogen-bond acceptors (Lipinski definition) is 2. The molecule has 3 rings (SSSR count). The molecular weight excluding hydrogens is 240 g/mol. The minimum atomic E-state index is 0.138. The van der Waals surface area contributed by atoms with Crippen LogP contribution in [0.25, 0.3) is 21.5 Å². The molecule has 0 saturated carbocycles. The van der Waals surface area contributed by atoms with Crippen LogP contribution in [0.2, 0.25) is 0 Å². The van der Waals surface area contributed by atoms with Crippen molar-refractivity contribution >= 4 is 22.2 Å². The fourth-order valence-corrected chi connectivity index (χ4v) is 2.76. The Morgan fingerprint density at radius 1 is 1.22 bits per heavy atom. The number of H-pyrrole nitrogens is 1. The van der Waals surface area contributed by atoms with Crippen molar-refractivity contribution < 1.29 is 0 Å². The summed E-state index contributed by atoms with van der Waals surface area (Å²) in [6.07, 6.45) is 1.85. The van der Waals surface area contributed by atoms with Crippen molar-refractivity contribution in [3.8, 4) is 10.6 Å². The lowest BCUT2D eigenvalue weighted by Gasteiger charge is -2.15. The standard InChI is InChI=1S/C15H16N2S/c1-15(2,3)12-9-10-5-4-6-11(13(10)17-12)14-16-7-8-18-14/h4-9,17H,1-3H3. The molecule has 0 saturated heterocycles. The van der Waals surface area contributed by atoms with E-state index in [0.29, 0.717) is 0 Å². The van der Waals surface area contributed by atoms with Crippen LogP contribution < -0.4 is 0 Å². The molecule has 0 amide bonds. The molecular formula is C15H16N2S. The molecule has 0 fully saturated rings. The number of fused-ring (bicyclic) bond motifs is 1. The van der Waals surface area contributed by atoms with Gasteiger partial charge in [-0.15, -0.1) is 11.3 Å². The van der Waals surface area contributed by atoms with E-state index in [0.717, 1.165) is 5.01 Å². The Balaban J connectivity index is 2.25. The summed E-state index contributed by atoms with van der Waals surface area (Å²) in [5.41, 5.74) is 3.79. The first-order chi connectivity index (χ1) is 8.55. The van der Waals surface area contributed by atoms with Gasteiger partial charge in [0.15, 0.2) is 0 Å². The van der Waals surface area contributed by atoms with Gasteiger partial charge in [0.2, 0.25) is 0 Å². The van der Waals surface area contributed by atoms with Crippen molar-refractivity contribution in [2.75, 3.05) is 0 Å². The van der Waals surface area contributed by atoms with E-state index in [1.807, 2.05) is 11.6 Å². The van der Waals surface area contributed by atoms with Crippen molar-refractivity contribution in [2.45, 2.75) is 26.2 Å². The SMILES string of the molecule is CC(C)(C)c1cc2cccc(-c3nccs3)c2[nH]1. The normalized spacial score (nSPS) is 12.2. The van der Waals surface area contributed by atoms with Crippen LogP contribution in [0, 0.1) is 0 Å². The van der Waals surface area contributed by atoms with Crippen LogP contribution in [0.15, 0.2) is 35.8 Å². The number of hydrogen-bond donors (Lipinski definition) is 1. The average molecular weight is 256 g/mol. The molecule has 0 atom stereocenters. The van der Waals surface area contributed by atoms with Gasteiger partial charge in [0, 0.05) is 33.6 Å². The summed E-state index contributed by atoms with van der Waals surface area (Å²) in [4.78, 5) is 7.97. The molecule has 0 spiro atoms. The molecule has 1 N–H and O–H groups in total. The Morgan fingerprint density at radius 2 is 2.06 bits per heavy atom. The highest BCUT2D eigenvalue weighted by atomic mass is 32.1. The molecule has 0 aliphatic heterocycles. The van der Waals surface area contributed by atoms with Crippen LogP contribution in [0.3, 0.4) is 0 Å². The van der Waals surface area contributed by atoms with Gasteiger partial charge in [-0.25, -0.2) is 4.98 Å². The summed E-state index contributed by atoms with van der Waals surface area (Å²) in [6.45, 7) is 6.67. The Labute approximate surface area is 111 Å². The smallest absolute Gasteiger partial charge is 0.125 e. The number of aromatic amines is 1. The number of rotatable bonds is 1. The van der Waals surface area contributed by atoms with Gasteiger partial charge in [0.25, 0.3) is 0 Å². The van der Waals surface area contributed by atoms with E-state index in [1.165, 1.54) is 22.2 Å². The highest BCUT2D eigenvalue weighted by Crippen LogP contribution is 2.32. The molecule has 0 unspecified atom stereocenters. The first-order valence-corrected chi connectivity index (χ1v) is 6.96. The minimum Gasteiger partial charge on any atom is -0.357 e. The molecule has 0 aliphatic carbocycles. The number of benzene rings is 1. The Bertz CT molecular complexity index is 672. The molecule has 3 aromatic rings. The van der Waals surface area contributed by atoms with Crippen LogP contribution in [0.4, 0.5) is 0 Å². The Hall–Kier alpha value is -1.61. The minimum absolute atomic E-state index is 0.138. The fourth-order valence-electron chi connectivity index (χ4n) is 2.09. The van der Waals surface area contributed by atoms with Gasteiger partial charge >= 0.3 is 0 Å². The summed E-state index contributed by atoms with van der Waals surface area (Å²) < 4.78 is 0. The maximum Gasteiger partial charge on any atom is 0.125 e. The third-order valence-electron chi connectivity index (χ3n) is 3.13. The molecule has 0 bridgehead atoms. The lowest BCUT2D eigenvalue weighted by molar-refractivity contribution is 0.574. The zero-order valence-corrected chi connectivity index (χ0v) is 11.6. The summed E-state index contributed by atoms with van der Waals surface area (Å²) in [5, 5.41) is 4.34. The number of para-hydroxylation sites is 1. The van der Waals surface area contributed by atoms with E-state index in [2.05, 4.69) is 55.0 Å². The van der Waals surface area contributed by atoms with E-state index >= 15 is 0 Å². The van der Waals surface area contributed by atoms with Crippen LogP contribution in [0.5, 0.6) is 0 Å². The Morgan fingerprint density at radius 3 is 2.72 bits per heavy atom. The second kappa shape index (κ2) is 3.95. The molecule has 1 aromatic carbocycles. The third-order valence-corrected chi connectivity index (χ3v) is 3.93. The van der Waals surface area contributed by atoms with E-state index in [-0.39, 0.29) is 5.41 Å². The second-order valence-corrected chi connectivity index (χ2v) is 6.43. The van der Waals surface area contributed by atoms with Gasteiger partial charge in [-0.1, -0.05) is 32.9 Å². The Kier molecular flexibility index (Phi) is 2.52. The van der Waals surface area contributed by atoms with Gasteiger partial charge in [-0.05, 0) is 12.1 Å². The van der Waals surface area contributed by atoms with Gasteiger partial charge in [-0.2, -0.15) is 0 Å². The summed E-state index contributed by atoms with van der Waals surface area (Å²) in [6, 6.07) is 8.62. The number of nitrogens with one attached hydrogen (secondary N) is 1. The zero-order chi connectivity index (χ0) is 12.8. The predicted octanol–water partition coefficient (Wildman–Crippen LogP) is 4.59. The second-order valence-electron chi connectivity index (χ2n) is 5.54. The maximum absolute atomic E-state index is 4.41. The van der Waals surface area contributed by atoms with Gasteiger partial charge < -0.3 is 4.98 Å². The lowest BCUT2D eigenvalue weighted by Crippen LogP contribution is -2.11. The van der Waals surface area contributed by atoms with Crippen LogP contribution >= 0.6 is 11.3 Å². The number of nitrogens with zero attached hydrogens (tertiary/aromatic N) is 1. The van der Waals surface area contributed by atoms with Crippen LogP contribution in [-0.4, -0.2) is 9.97 Å². The summed E-state index contributed by atoms with van der Waals surface area (Å²) in [5.74, 6) is 0. The number of aromatic nitrogens is 2. The predicted molar refractivity (Wildman–Crippen MR) is 78.1 cm³/mol. The first-order valence-electron chi connectivity index (χ1n) is 6.08. The zero-order valence-electron chi connectivity index (χ0n) is 10.8. The van der Waals surface area contributed by atoms with Gasteiger partial charge in [-0.3, -0.25) is 0 Å². The maximum atomic E-state index is 4.41. The molecule has 2 heterocycles. The summed E-state index contributed by atoms with van der Waals surface area (Å²) >= 11 is 1.68.